The van der Waals surface area contributed by atoms with Gasteiger partial charge in [-0.15, -0.1) is 0 Å². The highest BCUT2D eigenvalue weighted by atomic mass is 16.5. The van der Waals surface area contributed by atoms with Gasteiger partial charge >= 0.3 is 0 Å². The fourth-order valence-electron chi connectivity index (χ4n) is 3.93. The van der Waals surface area contributed by atoms with Crippen LogP contribution in [-0.4, -0.2) is 74.6 Å². The fourth-order valence-corrected chi connectivity index (χ4v) is 3.93. The third-order valence-corrected chi connectivity index (χ3v) is 5.90. The van der Waals surface area contributed by atoms with E-state index in [1.165, 1.54) is 12.8 Å². The van der Waals surface area contributed by atoms with Crippen molar-refractivity contribution in [3.05, 3.63) is 29.8 Å². The van der Waals surface area contributed by atoms with Crippen molar-refractivity contribution in [2.75, 3.05) is 46.9 Å². The summed E-state index contributed by atoms with van der Waals surface area (Å²) in [6.07, 6.45) is 5.62. The van der Waals surface area contributed by atoms with Gasteiger partial charge in [-0.25, -0.2) is 4.99 Å². The van der Waals surface area contributed by atoms with E-state index in [0.717, 1.165) is 75.2 Å². The number of nitrogens with one attached hydrogen (secondary N) is 2. The third-order valence-electron chi connectivity index (χ3n) is 5.90. The maximum absolute atomic E-state index is 12.3. The molecule has 1 unspecified atom stereocenters. The first-order chi connectivity index (χ1) is 15.1. The molecule has 1 aliphatic heterocycles. The Morgan fingerprint density at radius 1 is 1.23 bits per heavy atom. The Morgan fingerprint density at radius 3 is 2.77 bits per heavy atom. The minimum absolute atomic E-state index is 0.0454. The summed E-state index contributed by atoms with van der Waals surface area (Å²) in [6, 6.07) is 8.23. The molecule has 0 radical (unpaired) electrons. The Labute approximate surface area is 187 Å². The lowest BCUT2D eigenvalue weighted by Crippen LogP contribution is -2.44. The van der Waals surface area contributed by atoms with Gasteiger partial charge < -0.3 is 20.3 Å². The monoisotopic (exact) mass is 429 g/mol. The number of guanidine groups is 1. The first kappa shape index (κ1) is 23.4. The molecule has 3 rings (SSSR count). The van der Waals surface area contributed by atoms with Gasteiger partial charge in [-0.2, -0.15) is 0 Å². The van der Waals surface area contributed by atoms with E-state index >= 15 is 0 Å². The van der Waals surface area contributed by atoms with Gasteiger partial charge in [0.1, 0.15) is 5.75 Å². The van der Waals surface area contributed by atoms with Gasteiger partial charge in [0, 0.05) is 39.3 Å². The van der Waals surface area contributed by atoms with Gasteiger partial charge in [0.05, 0.1) is 19.2 Å². The van der Waals surface area contributed by atoms with Gasteiger partial charge in [0.25, 0.3) is 0 Å². The number of amides is 1. The Balaban J connectivity index is 1.46. The van der Waals surface area contributed by atoms with Crippen LogP contribution in [0.4, 0.5) is 0 Å². The Bertz CT molecular complexity index is 732. The number of carbonyl (C=O) groups excluding carboxylic acids is 1. The van der Waals surface area contributed by atoms with E-state index in [4.69, 9.17) is 9.73 Å². The number of aliphatic imine (C=N–C) groups is 1. The molecule has 0 spiro atoms. The lowest BCUT2D eigenvalue weighted by Gasteiger charge is -2.26. The van der Waals surface area contributed by atoms with E-state index in [-0.39, 0.29) is 11.9 Å². The van der Waals surface area contributed by atoms with Crippen LogP contribution in [-0.2, 0) is 11.3 Å². The number of likely N-dealkylation sites (N-methyl/N-ethyl adjacent to an activating group) is 1. The molecule has 2 N–H and O–H groups in total. The second-order valence-electron chi connectivity index (χ2n) is 8.76. The second kappa shape index (κ2) is 11.9. The molecular weight excluding hydrogens is 390 g/mol. The second-order valence-corrected chi connectivity index (χ2v) is 8.76. The van der Waals surface area contributed by atoms with Crippen molar-refractivity contribution in [3.8, 4) is 5.75 Å². The average molecular weight is 430 g/mol. The average Bonchev–Trinajstić information content (AvgIpc) is 3.49. The zero-order valence-corrected chi connectivity index (χ0v) is 19.4. The number of rotatable bonds is 11. The minimum atomic E-state index is 0.0454. The summed E-state index contributed by atoms with van der Waals surface area (Å²) in [5, 5.41) is 6.76. The maximum Gasteiger partial charge on any atom is 0.239 e. The van der Waals surface area contributed by atoms with E-state index in [2.05, 4.69) is 28.5 Å². The Kier molecular flexibility index (Phi) is 9.00. The Hall–Kier alpha value is -2.28. The SMILES string of the molecule is CCNC(=NCc1ccccc1OCC1CC1)NCCCN1CCCC1C(=O)N(C)C. The largest absolute Gasteiger partial charge is 0.493 e. The summed E-state index contributed by atoms with van der Waals surface area (Å²) in [7, 11) is 3.68. The predicted octanol–water partition coefficient (Wildman–Crippen LogP) is 2.47. The molecule has 7 heteroatoms. The zero-order valence-electron chi connectivity index (χ0n) is 19.4. The van der Waals surface area contributed by atoms with Crippen molar-refractivity contribution in [3.63, 3.8) is 0 Å². The van der Waals surface area contributed by atoms with Crippen LogP contribution in [0.15, 0.2) is 29.3 Å². The van der Waals surface area contributed by atoms with Crippen LogP contribution in [0.3, 0.4) is 0 Å². The summed E-state index contributed by atoms with van der Waals surface area (Å²) in [4.78, 5) is 21.1. The van der Waals surface area contributed by atoms with Crippen LogP contribution in [0.5, 0.6) is 5.75 Å². The van der Waals surface area contributed by atoms with Gasteiger partial charge in [0.15, 0.2) is 5.96 Å². The molecule has 1 atom stereocenters. The molecule has 7 nitrogen and oxygen atoms in total. The molecule has 1 aromatic rings. The fraction of sp³-hybridized carbons (Fsp3) is 0.667. The number of ether oxygens (including phenoxy) is 1. The number of para-hydroxylation sites is 1. The number of nitrogens with zero attached hydrogens (tertiary/aromatic N) is 3. The predicted molar refractivity (Wildman–Crippen MR) is 125 cm³/mol. The molecule has 1 aromatic carbocycles. The lowest BCUT2D eigenvalue weighted by molar-refractivity contribution is -0.133. The van der Waals surface area contributed by atoms with E-state index in [1.54, 1.807) is 4.90 Å². The van der Waals surface area contributed by atoms with Crippen molar-refractivity contribution < 1.29 is 9.53 Å². The first-order valence-electron chi connectivity index (χ1n) is 11.8. The smallest absolute Gasteiger partial charge is 0.239 e. The molecule has 1 aliphatic carbocycles. The highest BCUT2D eigenvalue weighted by molar-refractivity contribution is 5.81. The highest BCUT2D eigenvalue weighted by Crippen LogP contribution is 2.30. The quantitative estimate of drug-likeness (QED) is 0.321. The Morgan fingerprint density at radius 2 is 2.03 bits per heavy atom. The van der Waals surface area contributed by atoms with E-state index < -0.39 is 0 Å². The molecule has 1 amide bonds. The summed E-state index contributed by atoms with van der Waals surface area (Å²) in [5.74, 6) is 2.73. The molecule has 1 saturated carbocycles. The van der Waals surface area contributed by atoms with Crippen molar-refractivity contribution in [1.82, 2.24) is 20.4 Å². The van der Waals surface area contributed by atoms with Crippen molar-refractivity contribution in [1.29, 1.82) is 0 Å². The molecule has 1 saturated heterocycles. The number of likely N-dealkylation sites (tertiary alicyclic amines) is 1. The normalized spacial score (nSPS) is 19.3. The molecule has 0 aromatic heterocycles. The van der Waals surface area contributed by atoms with Crippen LogP contribution in [0.25, 0.3) is 0 Å². The van der Waals surface area contributed by atoms with Crippen molar-refractivity contribution in [2.24, 2.45) is 10.9 Å². The third kappa shape index (κ3) is 7.42. The molecule has 2 aliphatic rings. The summed E-state index contributed by atoms with van der Waals surface area (Å²) < 4.78 is 6.01. The van der Waals surface area contributed by atoms with Crippen molar-refractivity contribution >= 4 is 11.9 Å². The topological polar surface area (TPSA) is 69.2 Å². The van der Waals surface area contributed by atoms with Crippen LogP contribution < -0.4 is 15.4 Å². The van der Waals surface area contributed by atoms with E-state index in [9.17, 15) is 4.79 Å². The molecule has 0 bridgehead atoms. The van der Waals surface area contributed by atoms with Gasteiger partial charge in [-0.1, -0.05) is 18.2 Å². The number of hydrogen-bond donors (Lipinski definition) is 2. The van der Waals surface area contributed by atoms with Crippen molar-refractivity contribution in [2.45, 2.75) is 51.6 Å². The molecule has 31 heavy (non-hydrogen) atoms. The molecule has 172 valence electrons. The van der Waals surface area contributed by atoms with Crippen LogP contribution >= 0.6 is 0 Å². The number of carbonyl (C=O) groups is 1. The zero-order chi connectivity index (χ0) is 22.1. The lowest BCUT2D eigenvalue weighted by atomic mass is 10.2. The number of benzene rings is 1. The molecular formula is C24H39N5O2. The first-order valence-corrected chi connectivity index (χ1v) is 11.8. The van der Waals surface area contributed by atoms with Crippen LogP contribution in [0, 0.1) is 5.92 Å². The van der Waals surface area contributed by atoms with Gasteiger partial charge in [-0.3, -0.25) is 9.69 Å². The van der Waals surface area contributed by atoms with E-state index in [0.29, 0.717) is 6.54 Å². The maximum atomic E-state index is 12.3. The molecule has 1 heterocycles. The standard InChI is InChI=1S/C24H39N5O2/c1-4-25-24(26-14-8-16-29-15-7-10-21(29)23(30)28(2)3)27-17-20-9-5-6-11-22(20)31-18-19-12-13-19/h5-6,9,11,19,21H,4,7-8,10,12-18H2,1-3H3,(H2,25,26,27). The van der Waals surface area contributed by atoms with Gasteiger partial charge in [0.2, 0.25) is 5.91 Å². The summed E-state index contributed by atoms with van der Waals surface area (Å²) in [5.41, 5.74) is 1.11. The number of hydrogen-bond acceptors (Lipinski definition) is 4. The minimum Gasteiger partial charge on any atom is -0.493 e. The van der Waals surface area contributed by atoms with Crippen LogP contribution in [0.1, 0.15) is 44.6 Å². The summed E-state index contributed by atoms with van der Waals surface area (Å²) in [6.45, 7) is 7.05. The van der Waals surface area contributed by atoms with E-state index in [1.807, 2.05) is 32.3 Å². The summed E-state index contributed by atoms with van der Waals surface area (Å²) >= 11 is 0. The van der Waals surface area contributed by atoms with Gasteiger partial charge in [-0.05, 0) is 57.6 Å². The molecule has 2 fully saturated rings. The highest BCUT2D eigenvalue weighted by Gasteiger charge is 2.31. The van der Waals surface area contributed by atoms with Crippen LogP contribution in [0.2, 0.25) is 0 Å².